The van der Waals surface area contributed by atoms with Crippen molar-refractivity contribution in [2.45, 2.75) is 25.0 Å². The molecule has 0 bridgehead atoms. The standard InChI is InChI=1S/C10H17NO6S/c12-10(13)8-4-16-5-9(8)11-18(14,15)6-7-2-1-3-17-7/h7-9,11H,1-6H2,(H,12,13). The number of rotatable bonds is 5. The summed E-state index contributed by atoms with van der Waals surface area (Å²) in [5, 5.41) is 8.93. The van der Waals surface area contributed by atoms with Crippen LogP contribution in [0, 0.1) is 5.92 Å². The molecule has 2 aliphatic heterocycles. The summed E-state index contributed by atoms with van der Waals surface area (Å²) in [6.07, 6.45) is 1.31. The average Bonchev–Trinajstić information content (AvgIpc) is 2.87. The molecule has 2 fully saturated rings. The Kier molecular flexibility index (Phi) is 4.21. The molecule has 0 amide bonds. The molecule has 2 saturated heterocycles. The van der Waals surface area contributed by atoms with Crippen molar-refractivity contribution in [2.24, 2.45) is 5.92 Å². The molecule has 0 saturated carbocycles. The van der Waals surface area contributed by atoms with Crippen LogP contribution in [-0.2, 0) is 24.3 Å². The van der Waals surface area contributed by atoms with Gasteiger partial charge in [-0.1, -0.05) is 0 Å². The molecule has 0 aromatic heterocycles. The average molecular weight is 279 g/mol. The Morgan fingerprint density at radius 1 is 1.39 bits per heavy atom. The maximum atomic E-state index is 11.9. The Labute approximate surface area is 106 Å². The summed E-state index contributed by atoms with van der Waals surface area (Å²) in [5.74, 6) is -1.97. The summed E-state index contributed by atoms with van der Waals surface area (Å²) < 4.78 is 36.4. The van der Waals surface area contributed by atoms with Crippen molar-refractivity contribution in [2.75, 3.05) is 25.6 Å². The lowest BCUT2D eigenvalue weighted by Crippen LogP contribution is -2.45. The second kappa shape index (κ2) is 5.52. The zero-order valence-corrected chi connectivity index (χ0v) is 10.7. The highest BCUT2D eigenvalue weighted by Crippen LogP contribution is 2.17. The van der Waals surface area contributed by atoms with E-state index < -0.39 is 28.0 Å². The van der Waals surface area contributed by atoms with Gasteiger partial charge in [-0.15, -0.1) is 0 Å². The third-order valence-corrected chi connectivity index (χ3v) is 4.63. The first kappa shape index (κ1) is 13.7. The van der Waals surface area contributed by atoms with Crippen LogP contribution in [0.2, 0.25) is 0 Å². The van der Waals surface area contributed by atoms with Gasteiger partial charge in [0.1, 0.15) is 0 Å². The minimum absolute atomic E-state index is 0.0441. The lowest BCUT2D eigenvalue weighted by atomic mass is 10.1. The van der Waals surface area contributed by atoms with Gasteiger partial charge in [0.25, 0.3) is 0 Å². The first-order valence-corrected chi connectivity index (χ1v) is 7.55. The number of nitrogens with one attached hydrogen (secondary N) is 1. The highest BCUT2D eigenvalue weighted by molar-refractivity contribution is 7.89. The van der Waals surface area contributed by atoms with Crippen LogP contribution in [0.4, 0.5) is 0 Å². The number of carbonyl (C=O) groups is 1. The first-order chi connectivity index (χ1) is 8.48. The van der Waals surface area contributed by atoms with Crippen LogP contribution < -0.4 is 4.72 Å². The SMILES string of the molecule is O=C(O)C1COCC1NS(=O)(=O)CC1CCCO1. The molecule has 2 aliphatic rings. The van der Waals surface area contributed by atoms with Gasteiger partial charge >= 0.3 is 5.97 Å². The Balaban J connectivity index is 1.92. The molecule has 0 radical (unpaired) electrons. The van der Waals surface area contributed by atoms with Crippen LogP contribution in [0.5, 0.6) is 0 Å². The van der Waals surface area contributed by atoms with Crippen molar-refractivity contribution >= 4 is 16.0 Å². The van der Waals surface area contributed by atoms with Gasteiger partial charge in [-0.3, -0.25) is 4.79 Å². The van der Waals surface area contributed by atoms with E-state index in [-0.39, 0.29) is 25.1 Å². The molecular formula is C10H17NO6S. The second-order valence-corrected chi connectivity index (χ2v) is 6.42. The van der Waals surface area contributed by atoms with E-state index in [9.17, 15) is 13.2 Å². The van der Waals surface area contributed by atoms with Crippen LogP contribution in [0.3, 0.4) is 0 Å². The fraction of sp³-hybridized carbons (Fsp3) is 0.900. The lowest BCUT2D eigenvalue weighted by molar-refractivity contribution is -0.142. The molecular weight excluding hydrogens is 262 g/mol. The van der Waals surface area contributed by atoms with E-state index >= 15 is 0 Å². The largest absolute Gasteiger partial charge is 0.481 e. The van der Waals surface area contributed by atoms with Crippen molar-refractivity contribution in [3.63, 3.8) is 0 Å². The summed E-state index contributed by atoms with van der Waals surface area (Å²) in [5.41, 5.74) is 0. The number of ether oxygens (including phenoxy) is 2. The van der Waals surface area contributed by atoms with Gasteiger partial charge in [0.05, 0.1) is 37.0 Å². The summed E-state index contributed by atoms with van der Waals surface area (Å²) in [4.78, 5) is 10.9. The molecule has 3 unspecified atom stereocenters. The number of hydrogen-bond acceptors (Lipinski definition) is 5. The van der Waals surface area contributed by atoms with Crippen LogP contribution in [0.1, 0.15) is 12.8 Å². The van der Waals surface area contributed by atoms with Crippen LogP contribution in [-0.4, -0.2) is 57.2 Å². The van der Waals surface area contributed by atoms with Gasteiger partial charge < -0.3 is 14.6 Å². The third-order valence-electron chi connectivity index (χ3n) is 3.16. The zero-order chi connectivity index (χ0) is 13.2. The monoisotopic (exact) mass is 279 g/mol. The number of carboxylic acid groups (broad SMARTS) is 1. The minimum atomic E-state index is -3.53. The quantitative estimate of drug-likeness (QED) is 0.682. The summed E-state index contributed by atoms with van der Waals surface area (Å²) >= 11 is 0. The maximum Gasteiger partial charge on any atom is 0.310 e. The molecule has 104 valence electrons. The van der Waals surface area contributed by atoms with Gasteiger partial charge in [0.15, 0.2) is 0 Å². The Morgan fingerprint density at radius 3 is 2.78 bits per heavy atom. The Hall–Kier alpha value is -0.700. The highest BCUT2D eigenvalue weighted by atomic mass is 32.2. The first-order valence-electron chi connectivity index (χ1n) is 5.90. The fourth-order valence-corrected chi connectivity index (χ4v) is 3.76. The van der Waals surface area contributed by atoms with E-state index in [0.29, 0.717) is 6.61 Å². The summed E-state index contributed by atoms with van der Waals surface area (Å²) in [6, 6.07) is -0.686. The maximum absolute atomic E-state index is 11.9. The third kappa shape index (κ3) is 3.41. The van der Waals surface area contributed by atoms with E-state index in [1.54, 1.807) is 0 Å². The molecule has 0 spiro atoms. The van der Waals surface area contributed by atoms with E-state index in [1.165, 1.54) is 0 Å². The molecule has 0 aromatic rings. The van der Waals surface area contributed by atoms with Crippen molar-refractivity contribution in [3.05, 3.63) is 0 Å². The van der Waals surface area contributed by atoms with Crippen LogP contribution in [0.15, 0.2) is 0 Å². The normalized spacial score (nSPS) is 32.8. The van der Waals surface area contributed by atoms with Gasteiger partial charge in [-0.25, -0.2) is 13.1 Å². The van der Waals surface area contributed by atoms with E-state index in [4.69, 9.17) is 14.6 Å². The number of sulfonamides is 1. The van der Waals surface area contributed by atoms with Crippen molar-refractivity contribution < 1.29 is 27.8 Å². The molecule has 0 aromatic carbocycles. The molecule has 18 heavy (non-hydrogen) atoms. The smallest absolute Gasteiger partial charge is 0.310 e. The summed E-state index contributed by atoms with van der Waals surface area (Å²) in [6.45, 7) is 0.731. The molecule has 3 atom stereocenters. The molecule has 7 nitrogen and oxygen atoms in total. The zero-order valence-electron chi connectivity index (χ0n) is 9.87. The predicted molar refractivity (Wildman–Crippen MR) is 61.6 cm³/mol. The van der Waals surface area contributed by atoms with Crippen LogP contribution in [0.25, 0.3) is 0 Å². The topological polar surface area (TPSA) is 102 Å². The van der Waals surface area contributed by atoms with Crippen molar-refractivity contribution in [3.8, 4) is 0 Å². The number of hydrogen-bond donors (Lipinski definition) is 2. The molecule has 2 N–H and O–H groups in total. The van der Waals surface area contributed by atoms with Crippen molar-refractivity contribution in [1.82, 2.24) is 4.72 Å². The van der Waals surface area contributed by atoms with E-state index in [0.717, 1.165) is 12.8 Å². The van der Waals surface area contributed by atoms with Gasteiger partial charge in [0.2, 0.25) is 10.0 Å². The fourth-order valence-electron chi connectivity index (χ4n) is 2.21. The highest BCUT2D eigenvalue weighted by Gasteiger charge is 2.37. The molecule has 2 rings (SSSR count). The summed E-state index contributed by atoms with van der Waals surface area (Å²) in [7, 11) is -3.53. The Bertz CT molecular complexity index is 403. The molecule has 0 aliphatic carbocycles. The van der Waals surface area contributed by atoms with Gasteiger partial charge in [-0.05, 0) is 12.8 Å². The Morgan fingerprint density at radius 2 is 2.17 bits per heavy atom. The van der Waals surface area contributed by atoms with Crippen LogP contribution >= 0.6 is 0 Å². The minimum Gasteiger partial charge on any atom is -0.481 e. The lowest BCUT2D eigenvalue weighted by Gasteiger charge is -2.17. The van der Waals surface area contributed by atoms with E-state index in [1.807, 2.05) is 0 Å². The van der Waals surface area contributed by atoms with Gasteiger partial charge in [0, 0.05) is 6.61 Å². The van der Waals surface area contributed by atoms with E-state index in [2.05, 4.69) is 4.72 Å². The number of aliphatic carboxylic acids is 1. The predicted octanol–water partition coefficient (Wildman–Crippen LogP) is -0.816. The second-order valence-electron chi connectivity index (χ2n) is 4.62. The van der Waals surface area contributed by atoms with Gasteiger partial charge in [-0.2, -0.15) is 0 Å². The molecule has 2 heterocycles. The number of carboxylic acids is 1. The molecule has 8 heteroatoms. The van der Waals surface area contributed by atoms with Crippen molar-refractivity contribution in [1.29, 1.82) is 0 Å².